The lowest BCUT2D eigenvalue weighted by atomic mass is 10.1. The summed E-state index contributed by atoms with van der Waals surface area (Å²) in [6.45, 7) is 5.70. The fourth-order valence-corrected chi connectivity index (χ4v) is 8.90. The van der Waals surface area contributed by atoms with Crippen LogP contribution in [0.4, 0.5) is 4.39 Å². The van der Waals surface area contributed by atoms with Gasteiger partial charge in [0.25, 0.3) is 0 Å². The first kappa shape index (κ1) is 34.9. The number of rotatable bonds is 10. The monoisotopic (exact) mass is 736 g/mol. The third-order valence-electron chi connectivity index (χ3n) is 8.75. The number of ether oxygens (including phenoxy) is 3. The number of amides is 1. The molecule has 7 rings (SSSR count). The van der Waals surface area contributed by atoms with Gasteiger partial charge in [-0.3, -0.25) is 9.59 Å². The van der Waals surface area contributed by atoms with Crippen LogP contribution in [-0.4, -0.2) is 94.1 Å². The number of nitrogens with zero attached hydrogens (tertiary/aromatic N) is 6. The quantitative estimate of drug-likeness (QED) is 0.211. The van der Waals surface area contributed by atoms with Gasteiger partial charge >= 0.3 is 5.56 Å². The van der Waals surface area contributed by atoms with Crippen LogP contribution in [0.25, 0.3) is 16.5 Å². The van der Waals surface area contributed by atoms with E-state index in [4.69, 9.17) is 19.2 Å². The number of morpholine rings is 2. The van der Waals surface area contributed by atoms with E-state index in [1.54, 1.807) is 28.1 Å². The van der Waals surface area contributed by atoms with E-state index in [0.717, 1.165) is 11.6 Å². The van der Waals surface area contributed by atoms with E-state index >= 15 is 0 Å². The number of carbonyl (C=O) groups is 1. The van der Waals surface area contributed by atoms with Crippen molar-refractivity contribution in [3.05, 3.63) is 99.3 Å². The van der Waals surface area contributed by atoms with Crippen LogP contribution in [0.5, 0.6) is 5.75 Å². The summed E-state index contributed by atoms with van der Waals surface area (Å²) in [5.74, 6) is -0.574. The van der Waals surface area contributed by atoms with Crippen LogP contribution < -0.4 is 10.3 Å². The fraction of sp³-hybridized carbons (Fsp3) is 0.371. The summed E-state index contributed by atoms with van der Waals surface area (Å²) in [4.78, 5) is 39.1. The van der Waals surface area contributed by atoms with E-state index in [2.05, 4.69) is 4.98 Å². The lowest BCUT2D eigenvalue weighted by molar-refractivity contribution is -0.143. The molecule has 0 aliphatic carbocycles. The highest BCUT2D eigenvalue weighted by Gasteiger charge is 2.30. The number of sulfonamides is 1. The average molecular weight is 737 g/mol. The van der Waals surface area contributed by atoms with E-state index < -0.39 is 21.4 Å². The van der Waals surface area contributed by atoms with Crippen molar-refractivity contribution in [2.45, 2.75) is 50.5 Å². The highest BCUT2D eigenvalue weighted by molar-refractivity contribution is 7.89. The molecule has 268 valence electrons. The third-order valence-corrected chi connectivity index (χ3v) is 11.7. The maximum atomic E-state index is 14.4. The molecule has 51 heavy (non-hydrogen) atoms. The lowest BCUT2D eigenvalue weighted by Gasteiger charge is -2.35. The Bertz CT molecular complexity index is 2210. The summed E-state index contributed by atoms with van der Waals surface area (Å²) in [7, 11) is -3.99. The highest BCUT2D eigenvalue weighted by Crippen LogP contribution is 2.33. The zero-order valence-corrected chi connectivity index (χ0v) is 29.7. The van der Waals surface area contributed by atoms with Gasteiger partial charge in [0.1, 0.15) is 24.0 Å². The molecule has 2 saturated heterocycles. The molecule has 2 fully saturated rings. The Morgan fingerprint density at radius 2 is 1.80 bits per heavy atom. The van der Waals surface area contributed by atoms with Gasteiger partial charge in [-0.2, -0.15) is 4.31 Å². The first-order chi connectivity index (χ1) is 24.6. The molecule has 5 aromatic rings. The second-order valence-corrected chi connectivity index (χ2v) is 15.6. The largest absolute Gasteiger partial charge is 0.481 e. The van der Waals surface area contributed by atoms with Gasteiger partial charge in [0, 0.05) is 56.1 Å². The second-order valence-electron chi connectivity index (χ2n) is 12.6. The molecule has 3 aromatic heterocycles. The van der Waals surface area contributed by atoms with Gasteiger partial charge < -0.3 is 23.7 Å². The molecule has 16 heteroatoms. The maximum absolute atomic E-state index is 14.4. The highest BCUT2D eigenvalue weighted by atomic mass is 32.2. The van der Waals surface area contributed by atoms with E-state index in [9.17, 15) is 22.4 Å². The van der Waals surface area contributed by atoms with Crippen molar-refractivity contribution in [2.24, 2.45) is 0 Å². The van der Waals surface area contributed by atoms with E-state index in [0.29, 0.717) is 28.5 Å². The number of halogens is 1. The summed E-state index contributed by atoms with van der Waals surface area (Å²) in [5, 5.41) is 0.363. The number of hydrogen-bond acceptors (Lipinski definition) is 10. The Labute approximate surface area is 297 Å². The number of carbonyl (C=O) groups excluding carboxylic acids is 1. The predicted molar refractivity (Wildman–Crippen MR) is 187 cm³/mol. The first-order valence-corrected chi connectivity index (χ1v) is 18.9. The number of thiazole rings is 1. The molecule has 2 aliphatic heterocycles. The van der Waals surface area contributed by atoms with Crippen molar-refractivity contribution in [2.75, 3.05) is 39.4 Å². The van der Waals surface area contributed by atoms with Gasteiger partial charge in [-0.15, -0.1) is 11.3 Å². The van der Waals surface area contributed by atoms with Crippen molar-refractivity contribution in [3.63, 3.8) is 0 Å². The number of hydrogen-bond donors (Lipinski definition) is 0. The van der Waals surface area contributed by atoms with Crippen molar-refractivity contribution in [1.29, 1.82) is 0 Å². The maximum Gasteiger partial charge on any atom is 0.302 e. The minimum atomic E-state index is -3.99. The van der Waals surface area contributed by atoms with Crippen LogP contribution in [0.3, 0.4) is 0 Å². The lowest BCUT2D eigenvalue weighted by Crippen LogP contribution is -2.49. The number of imidazole rings is 1. The molecule has 0 bridgehead atoms. The molecule has 13 nitrogen and oxygen atoms in total. The summed E-state index contributed by atoms with van der Waals surface area (Å²) < 4.78 is 63.1. The van der Waals surface area contributed by atoms with Crippen molar-refractivity contribution >= 4 is 33.0 Å². The topological polar surface area (TPSA) is 138 Å². The Balaban J connectivity index is 1.23. The number of benzene rings is 2. The molecule has 0 spiro atoms. The molecule has 2 aliphatic rings. The van der Waals surface area contributed by atoms with Gasteiger partial charge in [0.05, 0.1) is 30.3 Å². The van der Waals surface area contributed by atoms with Crippen LogP contribution in [0.2, 0.25) is 0 Å². The molecular formula is C35H37FN6O7S2. The Hall–Kier alpha value is -4.48. The molecule has 0 N–H and O–H groups in total. The standard InChI is InChI=1S/C35H37FN6O7S2/c1-23-19-40(20-24(2)49-23)30(43)21-39-10-11-42-34(44)32(48-22-25-6-4-3-5-7-25)31(38-35(39)42)33-37-18-28(50-33)16-26-8-9-27(36)17-29(26)51(45,46)41-12-14-47-15-13-41/h3-11,17-18,23-24H,12-16,19-22H2,1-2H3. The van der Waals surface area contributed by atoms with Gasteiger partial charge in [-0.05, 0) is 37.1 Å². The van der Waals surface area contributed by atoms with Gasteiger partial charge in [0.15, 0.2) is 5.69 Å². The van der Waals surface area contributed by atoms with Crippen LogP contribution in [0, 0.1) is 5.82 Å². The van der Waals surface area contributed by atoms with Crippen molar-refractivity contribution in [1.82, 2.24) is 28.1 Å². The molecule has 2 atom stereocenters. The Morgan fingerprint density at radius 1 is 1.06 bits per heavy atom. The zero-order valence-electron chi connectivity index (χ0n) is 28.1. The minimum Gasteiger partial charge on any atom is -0.481 e. The van der Waals surface area contributed by atoms with Gasteiger partial charge in [0.2, 0.25) is 27.5 Å². The molecule has 0 saturated carbocycles. The normalized spacial score (nSPS) is 18.7. The molecular weight excluding hydrogens is 700 g/mol. The van der Waals surface area contributed by atoms with E-state index in [1.165, 1.54) is 32.2 Å². The molecule has 5 heterocycles. The summed E-state index contributed by atoms with van der Waals surface area (Å²) in [6, 6.07) is 13.1. The van der Waals surface area contributed by atoms with Gasteiger partial charge in [-0.25, -0.2) is 27.2 Å². The van der Waals surface area contributed by atoms with Crippen molar-refractivity contribution < 1.29 is 31.8 Å². The first-order valence-electron chi connectivity index (χ1n) is 16.6. The summed E-state index contributed by atoms with van der Waals surface area (Å²) in [6.07, 6.45) is 4.72. The SMILES string of the molecule is CC1CN(C(=O)Cn2ccn3c(=O)c(OCc4ccccc4)c(-c4ncc(Cc5ccc(F)cc5S(=O)(=O)N5CCOCC5)s4)nc23)CC(C)O1. The third kappa shape index (κ3) is 7.46. The number of fused-ring (bicyclic) bond motifs is 1. The molecule has 1 amide bonds. The molecule has 2 unspecified atom stereocenters. The molecule has 0 radical (unpaired) electrons. The Morgan fingerprint density at radius 3 is 2.55 bits per heavy atom. The summed E-state index contributed by atoms with van der Waals surface area (Å²) in [5.41, 5.74) is 0.963. The second kappa shape index (κ2) is 14.6. The smallest absolute Gasteiger partial charge is 0.302 e. The van der Waals surface area contributed by atoms with Gasteiger partial charge in [-0.1, -0.05) is 36.4 Å². The molecule has 2 aromatic carbocycles. The summed E-state index contributed by atoms with van der Waals surface area (Å²) >= 11 is 1.22. The number of aromatic nitrogens is 4. The Kier molecular flexibility index (Phi) is 10.0. The van der Waals surface area contributed by atoms with Crippen LogP contribution >= 0.6 is 11.3 Å². The average Bonchev–Trinajstić information content (AvgIpc) is 3.76. The van der Waals surface area contributed by atoms with Crippen LogP contribution in [0.15, 0.2) is 76.8 Å². The van der Waals surface area contributed by atoms with Crippen molar-refractivity contribution in [3.8, 4) is 16.5 Å². The van der Waals surface area contributed by atoms with Crippen LogP contribution in [-0.2, 0) is 43.9 Å². The zero-order chi connectivity index (χ0) is 35.7. The van der Waals surface area contributed by atoms with Crippen LogP contribution in [0.1, 0.15) is 29.9 Å². The minimum absolute atomic E-state index is 0.0190. The predicted octanol–water partition coefficient (Wildman–Crippen LogP) is 3.59. The van der Waals surface area contributed by atoms with E-state index in [1.807, 2.05) is 44.2 Å². The van der Waals surface area contributed by atoms with E-state index in [-0.39, 0.29) is 86.1 Å². The fourth-order valence-electron chi connectivity index (χ4n) is 6.34.